The van der Waals surface area contributed by atoms with Gasteiger partial charge in [-0.1, -0.05) is 28.1 Å². The van der Waals surface area contributed by atoms with Crippen LogP contribution in [0.4, 0.5) is 0 Å². The van der Waals surface area contributed by atoms with Gasteiger partial charge in [-0.25, -0.2) is 0 Å². The van der Waals surface area contributed by atoms with Gasteiger partial charge in [-0.3, -0.25) is 0 Å². The predicted octanol–water partition coefficient (Wildman–Crippen LogP) is 4.31. The van der Waals surface area contributed by atoms with Crippen molar-refractivity contribution < 1.29 is 0 Å². The molecule has 0 N–H and O–H groups in total. The summed E-state index contributed by atoms with van der Waals surface area (Å²) in [5.41, 5.74) is 1.51. The molecule has 2 rings (SSSR count). The lowest BCUT2D eigenvalue weighted by molar-refractivity contribution is 0.512. The van der Waals surface area contributed by atoms with Gasteiger partial charge in [-0.05, 0) is 55.7 Å². The van der Waals surface area contributed by atoms with E-state index in [1.54, 1.807) is 0 Å². The second kappa shape index (κ2) is 4.28. The smallest absolute Gasteiger partial charge is 0.0175 e. The first kappa shape index (κ1) is 9.26. The van der Waals surface area contributed by atoms with Gasteiger partial charge in [0.25, 0.3) is 0 Å². The normalized spacial score (nSPS) is 18.8. The molecule has 69 valence electrons. The first-order valence-electron chi connectivity index (χ1n) is 4.93. The molecular weight excluding hydrogens is 224 g/mol. The minimum absolute atomic E-state index is 0.804. The van der Waals surface area contributed by atoms with Crippen LogP contribution in [-0.4, -0.2) is 0 Å². The average Bonchev–Trinajstić information content (AvgIpc) is 2.20. The van der Waals surface area contributed by atoms with Crippen molar-refractivity contribution in [2.45, 2.75) is 31.6 Å². The maximum Gasteiger partial charge on any atom is 0.0175 e. The first-order valence-corrected chi connectivity index (χ1v) is 5.73. The topological polar surface area (TPSA) is 0 Å². The van der Waals surface area contributed by atoms with E-state index < -0.39 is 0 Å². The van der Waals surface area contributed by atoms with Gasteiger partial charge in [0.15, 0.2) is 0 Å². The lowest BCUT2D eigenvalue weighted by Gasteiger charge is -2.21. The standard InChI is InChI=1S/C12H14Br/c13-12-8-6-11(7-9-12)10-4-2-1-3-5-10/h1,6-10H,2-5H2. The van der Waals surface area contributed by atoms with Crippen molar-refractivity contribution in [3.63, 3.8) is 0 Å². The molecule has 1 aliphatic rings. The average molecular weight is 238 g/mol. The molecule has 0 nitrogen and oxygen atoms in total. The summed E-state index contributed by atoms with van der Waals surface area (Å²) in [6.07, 6.45) is 7.67. The molecule has 1 fully saturated rings. The van der Waals surface area contributed by atoms with E-state index in [0.29, 0.717) is 0 Å². The molecule has 13 heavy (non-hydrogen) atoms. The van der Waals surface area contributed by atoms with Gasteiger partial charge in [0.05, 0.1) is 0 Å². The minimum Gasteiger partial charge on any atom is -0.0576 e. The van der Waals surface area contributed by atoms with Crippen LogP contribution in [0.1, 0.15) is 37.2 Å². The van der Waals surface area contributed by atoms with Gasteiger partial charge in [-0.2, -0.15) is 0 Å². The highest BCUT2D eigenvalue weighted by Gasteiger charge is 2.14. The van der Waals surface area contributed by atoms with Crippen molar-refractivity contribution in [3.05, 3.63) is 40.7 Å². The van der Waals surface area contributed by atoms with Gasteiger partial charge in [0.1, 0.15) is 0 Å². The molecule has 1 heteroatoms. The van der Waals surface area contributed by atoms with Crippen LogP contribution >= 0.6 is 15.9 Å². The second-order valence-corrected chi connectivity index (χ2v) is 4.61. The monoisotopic (exact) mass is 237 g/mol. The molecule has 0 unspecified atom stereocenters. The fourth-order valence-electron chi connectivity index (χ4n) is 2.00. The first-order chi connectivity index (χ1) is 6.36. The zero-order valence-electron chi connectivity index (χ0n) is 7.67. The number of rotatable bonds is 1. The van der Waals surface area contributed by atoms with Gasteiger partial charge < -0.3 is 0 Å². The van der Waals surface area contributed by atoms with Gasteiger partial charge in [-0.15, -0.1) is 0 Å². The Morgan fingerprint density at radius 2 is 1.62 bits per heavy atom. The number of hydrogen-bond donors (Lipinski definition) is 0. The highest BCUT2D eigenvalue weighted by atomic mass is 79.9. The summed E-state index contributed by atoms with van der Waals surface area (Å²) in [5.74, 6) is 0.804. The van der Waals surface area contributed by atoms with E-state index in [9.17, 15) is 0 Å². The molecule has 0 spiro atoms. The van der Waals surface area contributed by atoms with Crippen molar-refractivity contribution in [1.29, 1.82) is 0 Å². The SMILES string of the molecule is Brc1ccc(C2CC[CH]CC2)cc1. The third-order valence-corrected chi connectivity index (χ3v) is 3.31. The largest absolute Gasteiger partial charge is 0.0576 e. The van der Waals surface area contributed by atoms with Crippen molar-refractivity contribution in [1.82, 2.24) is 0 Å². The van der Waals surface area contributed by atoms with Crippen LogP contribution in [-0.2, 0) is 0 Å². The van der Waals surface area contributed by atoms with Crippen LogP contribution in [0.5, 0.6) is 0 Å². The number of hydrogen-bond acceptors (Lipinski definition) is 0. The highest BCUT2D eigenvalue weighted by molar-refractivity contribution is 9.10. The summed E-state index contributed by atoms with van der Waals surface area (Å²) in [6.45, 7) is 0. The van der Waals surface area contributed by atoms with E-state index in [1.165, 1.54) is 35.7 Å². The van der Waals surface area contributed by atoms with Gasteiger partial charge in [0, 0.05) is 4.47 Å². The summed E-state index contributed by atoms with van der Waals surface area (Å²) < 4.78 is 1.18. The van der Waals surface area contributed by atoms with Crippen LogP contribution in [0.25, 0.3) is 0 Å². The van der Waals surface area contributed by atoms with Crippen molar-refractivity contribution in [2.24, 2.45) is 0 Å². The molecule has 0 saturated heterocycles. The Bertz CT molecular complexity index is 257. The van der Waals surface area contributed by atoms with Gasteiger partial charge >= 0.3 is 0 Å². The van der Waals surface area contributed by atoms with Crippen LogP contribution in [0.2, 0.25) is 0 Å². The Hall–Kier alpha value is -0.300. The zero-order chi connectivity index (χ0) is 9.10. The van der Waals surface area contributed by atoms with E-state index in [1.807, 2.05) is 0 Å². The molecule has 1 aliphatic carbocycles. The predicted molar refractivity (Wildman–Crippen MR) is 59.7 cm³/mol. The molecule has 1 saturated carbocycles. The number of halogens is 1. The molecule has 0 aromatic heterocycles. The molecule has 1 radical (unpaired) electrons. The van der Waals surface area contributed by atoms with E-state index in [-0.39, 0.29) is 0 Å². The molecule has 0 amide bonds. The van der Waals surface area contributed by atoms with Crippen LogP contribution in [0, 0.1) is 6.42 Å². The second-order valence-electron chi connectivity index (χ2n) is 3.69. The van der Waals surface area contributed by atoms with Crippen LogP contribution in [0.15, 0.2) is 28.7 Å². The third kappa shape index (κ3) is 2.34. The molecule has 0 atom stereocenters. The summed E-state index contributed by atoms with van der Waals surface area (Å²) in [4.78, 5) is 0. The lowest BCUT2D eigenvalue weighted by atomic mass is 9.84. The Morgan fingerprint density at radius 3 is 2.23 bits per heavy atom. The van der Waals surface area contributed by atoms with E-state index in [0.717, 1.165) is 5.92 Å². The van der Waals surface area contributed by atoms with Crippen molar-refractivity contribution in [3.8, 4) is 0 Å². The molecule has 0 heterocycles. The molecule has 1 aromatic rings. The van der Waals surface area contributed by atoms with Crippen molar-refractivity contribution >= 4 is 15.9 Å². The molecule has 0 aliphatic heterocycles. The van der Waals surface area contributed by atoms with Crippen LogP contribution in [0.3, 0.4) is 0 Å². The minimum atomic E-state index is 0.804. The maximum atomic E-state index is 3.46. The quantitative estimate of drug-likeness (QED) is 0.683. The fraction of sp³-hybridized carbons (Fsp3) is 0.417. The van der Waals surface area contributed by atoms with Crippen molar-refractivity contribution in [2.75, 3.05) is 0 Å². The summed E-state index contributed by atoms with van der Waals surface area (Å²) in [7, 11) is 0. The van der Waals surface area contributed by atoms with E-state index in [2.05, 4.69) is 46.6 Å². The summed E-state index contributed by atoms with van der Waals surface area (Å²) in [5, 5.41) is 0. The third-order valence-electron chi connectivity index (χ3n) is 2.78. The number of benzene rings is 1. The van der Waals surface area contributed by atoms with E-state index >= 15 is 0 Å². The summed E-state index contributed by atoms with van der Waals surface area (Å²) in [6, 6.07) is 8.79. The molecule has 1 aromatic carbocycles. The van der Waals surface area contributed by atoms with E-state index in [4.69, 9.17) is 0 Å². The molecular formula is C12H14Br. The Morgan fingerprint density at radius 1 is 1.00 bits per heavy atom. The maximum absolute atomic E-state index is 3.46. The van der Waals surface area contributed by atoms with Crippen LogP contribution < -0.4 is 0 Å². The Balaban J connectivity index is 2.10. The fourth-order valence-corrected chi connectivity index (χ4v) is 2.26. The Labute approximate surface area is 88.5 Å². The summed E-state index contributed by atoms with van der Waals surface area (Å²) >= 11 is 3.46. The van der Waals surface area contributed by atoms with Gasteiger partial charge in [0.2, 0.25) is 0 Å². The Kier molecular flexibility index (Phi) is 3.05. The lowest BCUT2D eigenvalue weighted by Crippen LogP contribution is -2.04. The molecule has 0 bridgehead atoms. The zero-order valence-corrected chi connectivity index (χ0v) is 9.26. The highest BCUT2D eigenvalue weighted by Crippen LogP contribution is 2.32.